The van der Waals surface area contributed by atoms with E-state index in [4.69, 9.17) is 11.6 Å². The molecule has 0 spiro atoms. The van der Waals surface area contributed by atoms with Crippen molar-refractivity contribution in [2.45, 2.75) is 19.4 Å². The fourth-order valence-corrected chi connectivity index (χ4v) is 3.31. The van der Waals surface area contributed by atoms with Crippen LogP contribution in [-0.2, 0) is 0 Å². The summed E-state index contributed by atoms with van der Waals surface area (Å²) >= 11 is 10.7. The largest absolute Gasteiger partial charge is 0.387 e. The van der Waals surface area contributed by atoms with Gasteiger partial charge in [-0.2, -0.15) is 0 Å². The molecule has 3 atom stereocenters. The normalized spacial score (nSPS) is 28.9. The monoisotopic (exact) mass is 280 g/mol. The molecule has 13 heavy (non-hydrogen) atoms. The van der Waals surface area contributed by atoms with Crippen LogP contribution in [0.2, 0.25) is 4.34 Å². The number of aliphatic hydroxyl groups excluding tert-OH is 1. The predicted molar refractivity (Wildman–Crippen MR) is 59.3 cm³/mol. The summed E-state index contributed by atoms with van der Waals surface area (Å²) < 4.78 is 1.61. The van der Waals surface area contributed by atoms with Gasteiger partial charge in [0.25, 0.3) is 0 Å². The Bertz CT molecular complexity index is 306. The van der Waals surface area contributed by atoms with E-state index in [1.807, 2.05) is 6.07 Å². The second-order valence-corrected chi connectivity index (χ2v) is 6.13. The zero-order chi connectivity index (χ0) is 9.59. The lowest BCUT2D eigenvalue weighted by Gasteiger charge is -2.05. The van der Waals surface area contributed by atoms with Gasteiger partial charge in [-0.3, -0.25) is 0 Å². The lowest BCUT2D eigenvalue weighted by molar-refractivity contribution is 0.152. The van der Waals surface area contributed by atoms with Crippen molar-refractivity contribution in [2.24, 2.45) is 11.8 Å². The first-order chi connectivity index (χ1) is 6.09. The minimum atomic E-state index is -0.316. The average molecular weight is 282 g/mol. The Morgan fingerprint density at radius 1 is 1.77 bits per heavy atom. The van der Waals surface area contributed by atoms with E-state index in [1.54, 1.807) is 0 Å². The van der Waals surface area contributed by atoms with Crippen LogP contribution in [0.25, 0.3) is 0 Å². The highest BCUT2D eigenvalue weighted by Crippen LogP contribution is 2.49. The van der Waals surface area contributed by atoms with Gasteiger partial charge >= 0.3 is 0 Å². The van der Waals surface area contributed by atoms with Gasteiger partial charge in [0.2, 0.25) is 0 Å². The van der Waals surface area contributed by atoms with E-state index in [0.29, 0.717) is 11.8 Å². The van der Waals surface area contributed by atoms with Crippen molar-refractivity contribution in [1.29, 1.82) is 0 Å². The first-order valence-electron chi connectivity index (χ1n) is 4.22. The second kappa shape index (κ2) is 3.54. The minimum Gasteiger partial charge on any atom is -0.387 e. The average Bonchev–Trinajstić information content (AvgIpc) is 2.70. The van der Waals surface area contributed by atoms with E-state index >= 15 is 0 Å². The van der Waals surface area contributed by atoms with Gasteiger partial charge in [0, 0.05) is 9.35 Å². The van der Waals surface area contributed by atoms with Gasteiger partial charge in [-0.1, -0.05) is 18.5 Å². The van der Waals surface area contributed by atoms with Crippen molar-refractivity contribution in [1.82, 2.24) is 0 Å². The van der Waals surface area contributed by atoms with Crippen molar-refractivity contribution >= 4 is 38.9 Å². The molecule has 1 aliphatic rings. The zero-order valence-electron chi connectivity index (χ0n) is 7.13. The van der Waals surface area contributed by atoms with Gasteiger partial charge in [-0.15, -0.1) is 11.3 Å². The van der Waals surface area contributed by atoms with Crippen LogP contribution < -0.4 is 0 Å². The summed E-state index contributed by atoms with van der Waals surface area (Å²) in [6.45, 7) is 2.16. The molecule has 2 rings (SSSR count). The van der Waals surface area contributed by atoms with Crippen LogP contribution in [0.5, 0.6) is 0 Å². The third-order valence-corrected chi connectivity index (χ3v) is 5.08. The SMILES string of the molecule is CC1CC1C(O)c1cc(Br)c(Cl)s1. The number of rotatable bonds is 2. The maximum Gasteiger partial charge on any atom is 0.107 e. The summed E-state index contributed by atoms with van der Waals surface area (Å²) in [6.07, 6.45) is 0.817. The molecule has 1 aromatic heterocycles. The summed E-state index contributed by atoms with van der Waals surface area (Å²) in [5.41, 5.74) is 0. The van der Waals surface area contributed by atoms with E-state index in [9.17, 15) is 5.11 Å². The molecule has 1 saturated carbocycles. The first kappa shape index (κ1) is 9.97. The number of hydrogen-bond donors (Lipinski definition) is 1. The van der Waals surface area contributed by atoms with E-state index in [-0.39, 0.29) is 6.10 Å². The van der Waals surface area contributed by atoms with E-state index in [1.165, 1.54) is 11.3 Å². The van der Waals surface area contributed by atoms with Crippen molar-refractivity contribution in [3.05, 3.63) is 19.8 Å². The molecule has 72 valence electrons. The van der Waals surface area contributed by atoms with Crippen LogP contribution in [0.3, 0.4) is 0 Å². The predicted octanol–water partition coefficient (Wildman–Crippen LogP) is 3.85. The van der Waals surface area contributed by atoms with Crippen LogP contribution in [0.15, 0.2) is 10.5 Å². The molecule has 1 nitrogen and oxygen atoms in total. The lowest BCUT2D eigenvalue weighted by Crippen LogP contribution is -1.97. The topological polar surface area (TPSA) is 20.2 Å². The van der Waals surface area contributed by atoms with Gasteiger partial charge in [0.05, 0.1) is 6.10 Å². The fourth-order valence-electron chi connectivity index (χ4n) is 1.51. The molecule has 0 amide bonds. The Hall–Kier alpha value is 0.430. The highest BCUT2D eigenvalue weighted by Gasteiger charge is 2.40. The zero-order valence-corrected chi connectivity index (χ0v) is 10.3. The van der Waals surface area contributed by atoms with Crippen molar-refractivity contribution < 1.29 is 5.11 Å². The molecule has 4 heteroatoms. The summed E-state index contributed by atoms with van der Waals surface area (Å²) in [5.74, 6) is 1.11. The molecule has 3 unspecified atom stereocenters. The number of halogens is 2. The number of thiophene rings is 1. The van der Waals surface area contributed by atoms with E-state index in [0.717, 1.165) is 20.1 Å². The van der Waals surface area contributed by atoms with Gasteiger partial charge < -0.3 is 5.11 Å². The van der Waals surface area contributed by atoms with E-state index in [2.05, 4.69) is 22.9 Å². The number of aliphatic hydroxyl groups is 1. The molecule has 1 aliphatic carbocycles. The van der Waals surface area contributed by atoms with Crippen molar-refractivity contribution in [3.8, 4) is 0 Å². The highest BCUT2D eigenvalue weighted by molar-refractivity contribution is 9.10. The van der Waals surface area contributed by atoms with Crippen LogP contribution in [0.1, 0.15) is 24.3 Å². The highest BCUT2D eigenvalue weighted by atomic mass is 79.9. The van der Waals surface area contributed by atoms with Crippen LogP contribution >= 0.6 is 38.9 Å². The molecule has 1 N–H and O–H groups in total. The number of hydrogen-bond acceptors (Lipinski definition) is 2. The Morgan fingerprint density at radius 2 is 2.38 bits per heavy atom. The Labute approximate surface area is 94.9 Å². The van der Waals surface area contributed by atoms with Crippen LogP contribution in [0, 0.1) is 11.8 Å². The third-order valence-electron chi connectivity index (χ3n) is 2.53. The summed E-state index contributed by atoms with van der Waals surface area (Å²) in [7, 11) is 0. The molecule has 0 aromatic carbocycles. The van der Waals surface area contributed by atoms with E-state index < -0.39 is 0 Å². The Morgan fingerprint density at radius 3 is 2.77 bits per heavy atom. The second-order valence-electron chi connectivity index (χ2n) is 3.59. The molecule has 0 bridgehead atoms. The fraction of sp³-hybridized carbons (Fsp3) is 0.556. The summed E-state index contributed by atoms with van der Waals surface area (Å²) in [4.78, 5) is 0.978. The van der Waals surface area contributed by atoms with Gasteiger partial charge in [-0.25, -0.2) is 0 Å². The third kappa shape index (κ3) is 1.94. The molecular formula is C9H10BrClOS. The molecule has 1 heterocycles. The standard InChI is InChI=1S/C9H10BrClOS/c1-4-2-5(4)8(12)7-3-6(10)9(11)13-7/h3-5,8,12H,2H2,1H3. The quantitative estimate of drug-likeness (QED) is 0.873. The van der Waals surface area contributed by atoms with Gasteiger partial charge in [0.1, 0.15) is 4.34 Å². The minimum absolute atomic E-state index is 0.316. The maximum absolute atomic E-state index is 9.90. The lowest BCUT2D eigenvalue weighted by atomic mass is 10.2. The smallest absolute Gasteiger partial charge is 0.107 e. The molecule has 0 aliphatic heterocycles. The molecule has 0 radical (unpaired) electrons. The molecule has 1 aromatic rings. The van der Waals surface area contributed by atoms with Crippen LogP contribution in [-0.4, -0.2) is 5.11 Å². The maximum atomic E-state index is 9.90. The summed E-state index contributed by atoms with van der Waals surface area (Å²) in [5, 5.41) is 9.90. The summed E-state index contributed by atoms with van der Waals surface area (Å²) in [6, 6.07) is 1.92. The molecule has 1 fully saturated rings. The van der Waals surface area contributed by atoms with Crippen molar-refractivity contribution in [2.75, 3.05) is 0 Å². The molecule has 0 saturated heterocycles. The van der Waals surface area contributed by atoms with Crippen molar-refractivity contribution in [3.63, 3.8) is 0 Å². The Kier molecular flexibility index (Phi) is 2.71. The first-order valence-corrected chi connectivity index (χ1v) is 6.21. The van der Waals surface area contributed by atoms with Crippen LogP contribution in [0.4, 0.5) is 0 Å². The van der Waals surface area contributed by atoms with Gasteiger partial charge in [0.15, 0.2) is 0 Å². The molecular weight excluding hydrogens is 272 g/mol. The Balaban J connectivity index is 2.16. The van der Waals surface area contributed by atoms with Gasteiger partial charge in [-0.05, 0) is 40.3 Å².